The summed E-state index contributed by atoms with van der Waals surface area (Å²) in [7, 11) is 0. The van der Waals surface area contributed by atoms with Crippen molar-refractivity contribution in [1.29, 1.82) is 0 Å². The molecule has 0 aliphatic carbocycles. The maximum Gasteiger partial charge on any atom is 0.328 e. The summed E-state index contributed by atoms with van der Waals surface area (Å²) in [6.07, 6.45) is -0.316. The maximum atomic E-state index is 13.1. The van der Waals surface area contributed by atoms with Crippen LogP contribution in [-0.4, -0.2) is 88.3 Å². The molecule has 0 saturated carbocycles. The van der Waals surface area contributed by atoms with Gasteiger partial charge in [0.25, 0.3) is 0 Å². The normalized spacial score (nSPS) is 13.8. The molecule has 0 aliphatic heterocycles. The average Bonchev–Trinajstić information content (AvgIpc) is 2.83. The summed E-state index contributed by atoms with van der Waals surface area (Å²) in [5.41, 5.74) is 17.1. The fourth-order valence-corrected chi connectivity index (χ4v) is 3.10. The van der Waals surface area contributed by atoms with Crippen LogP contribution in [0.1, 0.15) is 24.8 Å². The Bertz CT molecular complexity index is 969. The standard InChI is InChI=1S/C22H33N7O8/c23-13(7-4-8-26-22(24)25)18(33)27-14(9-12-5-2-1-3-6-12)19(34)28-15(10-17(31)32)20(35)29-16(11-30)21(36)37/h1-3,5-6,13-16,30H,4,7-11,23H2,(H,27,33)(H,28,34)(H,29,35)(H,31,32)(H,36,37)(H4,24,25,26)/t13-,14-,15-,16-/m0/s1. The second kappa shape index (κ2) is 15.7. The van der Waals surface area contributed by atoms with Crippen LogP contribution in [0.3, 0.4) is 0 Å². The molecule has 1 aromatic rings. The van der Waals surface area contributed by atoms with Crippen molar-refractivity contribution in [1.82, 2.24) is 16.0 Å². The third kappa shape index (κ3) is 11.8. The van der Waals surface area contributed by atoms with E-state index in [-0.39, 0.29) is 25.3 Å². The van der Waals surface area contributed by atoms with Crippen LogP contribution < -0.4 is 33.2 Å². The van der Waals surface area contributed by atoms with Gasteiger partial charge in [-0.3, -0.25) is 24.2 Å². The predicted molar refractivity (Wildman–Crippen MR) is 131 cm³/mol. The first-order chi connectivity index (χ1) is 17.4. The third-order valence-corrected chi connectivity index (χ3v) is 5.03. The Balaban J connectivity index is 3.02. The smallest absolute Gasteiger partial charge is 0.328 e. The molecule has 0 fully saturated rings. The molecule has 0 spiro atoms. The number of carboxylic acids is 2. The second-order valence-electron chi connectivity index (χ2n) is 8.05. The van der Waals surface area contributed by atoms with Gasteiger partial charge in [0.05, 0.1) is 19.1 Å². The molecule has 37 heavy (non-hydrogen) atoms. The van der Waals surface area contributed by atoms with Gasteiger partial charge in [-0.05, 0) is 18.4 Å². The van der Waals surface area contributed by atoms with Crippen molar-refractivity contribution in [2.75, 3.05) is 13.2 Å². The molecule has 15 nitrogen and oxygen atoms in total. The molecule has 0 radical (unpaired) electrons. The van der Waals surface area contributed by atoms with E-state index in [0.29, 0.717) is 12.0 Å². The minimum Gasteiger partial charge on any atom is -0.481 e. The van der Waals surface area contributed by atoms with Crippen LogP contribution in [0.25, 0.3) is 0 Å². The average molecular weight is 524 g/mol. The first-order valence-electron chi connectivity index (χ1n) is 11.3. The van der Waals surface area contributed by atoms with E-state index < -0.39 is 66.9 Å². The van der Waals surface area contributed by atoms with Gasteiger partial charge in [0, 0.05) is 13.0 Å². The maximum absolute atomic E-state index is 13.1. The number of carbonyl (C=O) groups is 5. The second-order valence-corrected chi connectivity index (χ2v) is 8.05. The summed E-state index contributed by atoms with van der Waals surface area (Å²) in [6.45, 7) is -0.711. The van der Waals surface area contributed by atoms with Gasteiger partial charge >= 0.3 is 11.9 Å². The van der Waals surface area contributed by atoms with E-state index >= 15 is 0 Å². The molecule has 1 aromatic carbocycles. The van der Waals surface area contributed by atoms with Crippen molar-refractivity contribution in [2.24, 2.45) is 22.2 Å². The molecular weight excluding hydrogens is 490 g/mol. The SMILES string of the molecule is NC(N)=NCCC[C@H](N)C(=O)N[C@@H](Cc1ccccc1)C(=O)N[C@@H](CC(=O)O)C(=O)N[C@@H](CO)C(=O)O. The summed E-state index contributed by atoms with van der Waals surface area (Å²) >= 11 is 0. The molecule has 0 unspecified atom stereocenters. The Morgan fingerprint density at radius 1 is 0.865 bits per heavy atom. The van der Waals surface area contributed by atoms with Gasteiger partial charge in [0.2, 0.25) is 17.7 Å². The first-order valence-corrected chi connectivity index (χ1v) is 11.3. The molecule has 0 saturated heterocycles. The van der Waals surface area contributed by atoms with E-state index in [0.717, 1.165) is 0 Å². The third-order valence-electron chi connectivity index (χ3n) is 5.03. The van der Waals surface area contributed by atoms with Crippen molar-refractivity contribution in [3.05, 3.63) is 35.9 Å². The number of nitrogens with zero attached hydrogens (tertiary/aromatic N) is 1. The van der Waals surface area contributed by atoms with Crippen LogP contribution in [-0.2, 0) is 30.4 Å². The largest absolute Gasteiger partial charge is 0.481 e. The predicted octanol–water partition coefficient (Wildman–Crippen LogP) is -3.38. The van der Waals surface area contributed by atoms with Gasteiger partial charge in [-0.15, -0.1) is 0 Å². The quantitative estimate of drug-likeness (QED) is 0.0585. The lowest BCUT2D eigenvalue weighted by Gasteiger charge is -2.24. The van der Waals surface area contributed by atoms with Crippen LogP contribution in [0, 0.1) is 0 Å². The number of rotatable bonds is 16. The van der Waals surface area contributed by atoms with Gasteiger partial charge in [0.15, 0.2) is 5.96 Å². The zero-order valence-corrected chi connectivity index (χ0v) is 20.0. The lowest BCUT2D eigenvalue weighted by atomic mass is 10.0. The van der Waals surface area contributed by atoms with Crippen molar-refractivity contribution >= 4 is 35.6 Å². The Morgan fingerprint density at radius 3 is 1.97 bits per heavy atom. The van der Waals surface area contributed by atoms with E-state index in [9.17, 15) is 24.0 Å². The lowest BCUT2D eigenvalue weighted by Crippen LogP contribution is -2.58. The highest BCUT2D eigenvalue weighted by molar-refractivity contribution is 5.95. The molecule has 4 atom stereocenters. The van der Waals surface area contributed by atoms with E-state index in [4.69, 9.17) is 32.5 Å². The molecule has 0 heterocycles. The van der Waals surface area contributed by atoms with Crippen LogP contribution in [0.2, 0.25) is 0 Å². The van der Waals surface area contributed by atoms with Crippen molar-refractivity contribution in [3.8, 4) is 0 Å². The van der Waals surface area contributed by atoms with E-state index in [2.05, 4.69) is 15.6 Å². The summed E-state index contributed by atoms with van der Waals surface area (Å²) < 4.78 is 0. The zero-order valence-electron chi connectivity index (χ0n) is 20.0. The number of aliphatic hydroxyl groups excluding tert-OH is 1. The highest BCUT2D eigenvalue weighted by Gasteiger charge is 2.31. The number of amides is 3. The van der Waals surface area contributed by atoms with Crippen molar-refractivity contribution < 1.29 is 39.3 Å². The Kier molecular flexibility index (Phi) is 13.1. The molecule has 3 amide bonds. The van der Waals surface area contributed by atoms with E-state index in [1.54, 1.807) is 30.3 Å². The topological polar surface area (TPSA) is 273 Å². The molecular formula is C22H33N7O8. The minimum absolute atomic E-state index is 0.0189. The van der Waals surface area contributed by atoms with Crippen LogP contribution >= 0.6 is 0 Å². The molecule has 1 rings (SSSR count). The van der Waals surface area contributed by atoms with Crippen molar-refractivity contribution in [3.63, 3.8) is 0 Å². The number of benzene rings is 1. The Hall–Kier alpha value is -4.24. The molecule has 0 aromatic heterocycles. The summed E-state index contributed by atoms with van der Waals surface area (Å²) in [5.74, 6) is -5.83. The number of nitrogens with two attached hydrogens (primary N) is 3. The monoisotopic (exact) mass is 523 g/mol. The number of nitrogens with one attached hydrogen (secondary N) is 3. The number of aliphatic hydroxyl groups is 1. The molecule has 12 N–H and O–H groups in total. The van der Waals surface area contributed by atoms with Crippen LogP contribution in [0.5, 0.6) is 0 Å². The van der Waals surface area contributed by atoms with Crippen molar-refractivity contribution in [2.45, 2.75) is 49.9 Å². The number of hydrogen-bond acceptors (Lipinski definition) is 8. The number of guanidine groups is 1. The first kappa shape index (κ1) is 30.8. The van der Waals surface area contributed by atoms with E-state index in [1.807, 2.05) is 5.32 Å². The number of carbonyl (C=O) groups excluding carboxylic acids is 3. The molecule has 15 heteroatoms. The molecule has 0 aliphatic rings. The summed E-state index contributed by atoms with van der Waals surface area (Å²) in [6, 6.07) is 2.89. The number of carboxylic acid groups (broad SMARTS) is 2. The summed E-state index contributed by atoms with van der Waals surface area (Å²) in [5, 5.41) is 34.0. The molecule has 0 bridgehead atoms. The fraction of sp³-hybridized carbons (Fsp3) is 0.455. The van der Waals surface area contributed by atoms with Crippen LogP contribution in [0.15, 0.2) is 35.3 Å². The van der Waals surface area contributed by atoms with Crippen LogP contribution in [0.4, 0.5) is 0 Å². The van der Waals surface area contributed by atoms with Gasteiger partial charge in [-0.25, -0.2) is 4.79 Å². The Labute approximate surface area is 212 Å². The number of hydrogen-bond donors (Lipinski definition) is 9. The lowest BCUT2D eigenvalue weighted by molar-refractivity contribution is -0.144. The fourth-order valence-electron chi connectivity index (χ4n) is 3.10. The highest BCUT2D eigenvalue weighted by atomic mass is 16.4. The summed E-state index contributed by atoms with van der Waals surface area (Å²) in [4.78, 5) is 64.4. The highest BCUT2D eigenvalue weighted by Crippen LogP contribution is 2.06. The zero-order chi connectivity index (χ0) is 28.0. The van der Waals surface area contributed by atoms with Gasteiger partial charge in [-0.1, -0.05) is 30.3 Å². The molecule has 204 valence electrons. The van der Waals surface area contributed by atoms with Gasteiger partial charge < -0.3 is 48.5 Å². The number of aliphatic carboxylic acids is 2. The Morgan fingerprint density at radius 2 is 1.43 bits per heavy atom. The number of aliphatic imine (C=N–C) groups is 1. The van der Waals surface area contributed by atoms with E-state index in [1.165, 1.54) is 0 Å². The van der Waals surface area contributed by atoms with Gasteiger partial charge in [-0.2, -0.15) is 0 Å². The van der Waals surface area contributed by atoms with Gasteiger partial charge in [0.1, 0.15) is 18.1 Å². The minimum atomic E-state index is -1.71.